The third kappa shape index (κ3) is 2.71. The van der Waals surface area contributed by atoms with E-state index < -0.39 is 0 Å². The highest BCUT2D eigenvalue weighted by atomic mass is 14.9. The van der Waals surface area contributed by atoms with Crippen molar-refractivity contribution >= 4 is 0 Å². The van der Waals surface area contributed by atoms with Gasteiger partial charge in [0.2, 0.25) is 0 Å². The predicted molar refractivity (Wildman–Crippen MR) is 66.1 cm³/mol. The van der Waals surface area contributed by atoms with Gasteiger partial charge in [-0.1, -0.05) is 12.1 Å². The zero-order valence-corrected chi connectivity index (χ0v) is 9.64. The first kappa shape index (κ1) is 11.4. The molecule has 0 aliphatic rings. The van der Waals surface area contributed by atoms with E-state index in [0.717, 1.165) is 23.5 Å². The summed E-state index contributed by atoms with van der Waals surface area (Å²) in [7, 11) is 0. The van der Waals surface area contributed by atoms with Crippen LogP contribution in [0, 0.1) is 11.3 Å². The molecule has 0 aliphatic heterocycles. The molecule has 2 aromatic rings. The standard InChI is InChI=1S/C13H14N4/c1-9(15)6-13-16-8-12(17-13)11-4-2-10(7-14)3-5-11/h2-5,8-9H,6,15H2,1H3,(H,16,17). The Balaban J connectivity index is 2.22. The molecule has 0 saturated heterocycles. The van der Waals surface area contributed by atoms with Crippen molar-refractivity contribution in [1.29, 1.82) is 5.26 Å². The van der Waals surface area contributed by atoms with E-state index in [1.54, 1.807) is 18.3 Å². The molecule has 1 aromatic heterocycles. The van der Waals surface area contributed by atoms with E-state index in [9.17, 15) is 0 Å². The van der Waals surface area contributed by atoms with Crippen molar-refractivity contribution in [3.8, 4) is 17.3 Å². The minimum absolute atomic E-state index is 0.0926. The van der Waals surface area contributed by atoms with Gasteiger partial charge in [0.15, 0.2) is 0 Å². The molecular formula is C13H14N4. The lowest BCUT2D eigenvalue weighted by Gasteiger charge is -2.00. The Bertz CT molecular complexity index is 531. The van der Waals surface area contributed by atoms with Crippen LogP contribution in [0.4, 0.5) is 0 Å². The van der Waals surface area contributed by atoms with Crippen molar-refractivity contribution < 1.29 is 0 Å². The number of aromatic amines is 1. The summed E-state index contributed by atoms with van der Waals surface area (Å²) in [4.78, 5) is 7.50. The molecule has 0 fully saturated rings. The van der Waals surface area contributed by atoms with Gasteiger partial charge in [-0.05, 0) is 24.6 Å². The molecule has 4 heteroatoms. The molecule has 0 saturated carbocycles. The van der Waals surface area contributed by atoms with Crippen LogP contribution >= 0.6 is 0 Å². The van der Waals surface area contributed by atoms with Crippen molar-refractivity contribution in [1.82, 2.24) is 9.97 Å². The van der Waals surface area contributed by atoms with E-state index >= 15 is 0 Å². The number of aromatic nitrogens is 2. The second kappa shape index (κ2) is 4.81. The molecule has 86 valence electrons. The third-order valence-electron chi connectivity index (χ3n) is 2.47. The number of nitrogens with zero attached hydrogens (tertiary/aromatic N) is 2. The zero-order chi connectivity index (χ0) is 12.3. The first-order valence-corrected chi connectivity index (χ1v) is 5.49. The lowest BCUT2D eigenvalue weighted by Crippen LogP contribution is -2.18. The summed E-state index contributed by atoms with van der Waals surface area (Å²) in [6, 6.07) is 9.58. The quantitative estimate of drug-likeness (QED) is 0.838. The smallest absolute Gasteiger partial charge is 0.108 e. The fraction of sp³-hybridized carbons (Fsp3) is 0.231. The minimum atomic E-state index is 0.0926. The van der Waals surface area contributed by atoms with Gasteiger partial charge >= 0.3 is 0 Å². The van der Waals surface area contributed by atoms with Crippen molar-refractivity contribution in [2.45, 2.75) is 19.4 Å². The van der Waals surface area contributed by atoms with Crippen LogP contribution in [0.25, 0.3) is 11.3 Å². The summed E-state index contributed by atoms with van der Waals surface area (Å²) in [5.74, 6) is 0.888. The molecule has 1 unspecified atom stereocenters. The molecule has 17 heavy (non-hydrogen) atoms. The fourth-order valence-corrected chi connectivity index (χ4v) is 1.64. The first-order valence-electron chi connectivity index (χ1n) is 5.49. The Morgan fingerprint density at radius 3 is 2.71 bits per heavy atom. The van der Waals surface area contributed by atoms with Crippen LogP contribution in [-0.2, 0) is 6.42 Å². The van der Waals surface area contributed by atoms with Gasteiger partial charge < -0.3 is 10.7 Å². The van der Waals surface area contributed by atoms with Crippen LogP contribution in [0.3, 0.4) is 0 Å². The van der Waals surface area contributed by atoms with Crippen molar-refractivity contribution in [3.05, 3.63) is 41.9 Å². The molecule has 1 aromatic carbocycles. The molecule has 1 heterocycles. The molecule has 3 N–H and O–H groups in total. The second-order valence-electron chi connectivity index (χ2n) is 4.11. The summed E-state index contributed by atoms with van der Waals surface area (Å²) in [5, 5.41) is 8.72. The number of rotatable bonds is 3. The third-order valence-corrected chi connectivity index (χ3v) is 2.47. The van der Waals surface area contributed by atoms with Crippen molar-refractivity contribution in [3.63, 3.8) is 0 Å². The highest BCUT2D eigenvalue weighted by Gasteiger charge is 2.05. The molecule has 0 aliphatic carbocycles. The average molecular weight is 226 g/mol. The Kier molecular flexibility index (Phi) is 3.22. The Morgan fingerprint density at radius 1 is 1.41 bits per heavy atom. The summed E-state index contributed by atoms with van der Waals surface area (Å²) in [6.45, 7) is 1.95. The van der Waals surface area contributed by atoms with Crippen LogP contribution in [-0.4, -0.2) is 16.0 Å². The van der Waals surface area contributed by atoms with E-state index in [1.807, 2.05) is 19.1 Å². The molecular weight excluding hydrogens is 212 g/mol. The number of nitrogens with one attached hydrogen (secondary N) is 1. The number of hydrogen-bond donors (Lipinski definition) is 2. The van der Waals surface area contributed by atoms with E-state index in [0.29, 0.717) is 5.56 Å². The number of imidazole rings is 1. The van der Waals surface area contributed by atoms with Gasteiger partial charge in [0.1, 0.15) is 5.82 Å². The molecule has 2 rings (SSSR count). The van der Waals surface area contributed by atoms with Gasteiger partial charge in [-0.2, -0.15) is 5.26 Å². The van der Waals surface area contributed by atoms with Gasteiger partial charge in [-0.15, -0.1) is 0 Å². The van der Waals surface area contributed by atoms with Crippen LogP contribution in [0.1, 0.15) is 18.3 Å². The topological polar surface area (TPSA) is 78.5 Å². The maximum absolute atomic E-state index is 8.72. The zero-order valence-electron chi connectivity index (χ0n) is 9.64. The number of benzene rings is 1. The molecule has 0 spiro atoms. The highest BCUT2D eigenvalue weighted by Crippen LogP contribution is 2.17. The Morgan fingerprint density at radius 2 is 2.12 bits per heavy atom. The van der Waals surface area contributed by atoms with Crippen molar-refractivity contribution in [2.75, 3.05) is 0 Å². The van der Waals surface area contributed by atoms with Crippen LogP contribution < -0.4 is 5.73 Å². The van der Waals surface area contributed by atoms with E-state index in [-0.39, 0.29) is 6.04 Å². The lowest BCUT2D eigenvalue weighted by molar-refractivity contribution is 0.710. The maximum atomic E-state index is 8.72. The van der Waals surface area contributed by atoms with Crippen LogP contribution in [0.5, 0.6) is 0 Å². The lowest BCUT2D eigenvalue weighted by atomic mass is 10.1. The largest absolute Gasteiger partial charge is 0.342 e. The highest BCUT2D eigenvalue weighted by molar-refractivity contribution is 5.59. The maximum Gasteiger partial charge on any atom is 0.108 e. The number of nitriles is 1. The average Bonchev–Trinajstić information content (AvgIpc) is 2.77. The van der Waals surface area contributed by atoms with E-state index in [1.165, 1.54) is 0 Å². The van der Waals surface area contributed by atoms with Gasteiger partial charge in [0.25, 0.3) is 0 Å². The monoisotopic (exact) mass is 226 g/mol. The summed E-state index contributed by atoms with van der Waals surface area (Å²) in [5.41, 5.74) is 8.34. The molecule has 0 bridgehead atoms. The number of hydrogen-bond acceptors (Lipinski definition) is 3. The fourth-order valence-electron chi connectivity index (χ4n) is 1.64. The predicted octanol–water partition coefficient (Wildman–Crippen LogP) is 1.84. The van der Waals surface area contributed by atoms with Crippen LogP contribution in [0.15, 0.2) is 30.5 Å². The minimum Gasteiger partial charge on any atom is -0.342 e. The van der Waals surface area contributed by atoms with Gasteiger partial charge in [0, 0.05) is 12.5 Å². The van der Waals surface area contributed by atoms with E-state index in [4.69, 9.17) is 11.0 Å². The summed E-state index contributed by atoms with van der Waals surface area (Å²) < 4.78 is 0. The summed E-state index contributed by atoms with van der Waals surface area (Å²) >= 11 is 0. The molecule has 4 nitrogen and oxygen atoms in total. The van der Waals surface area contributed by atoms with E-state index in [2.05, 4.69) is 16.0 Å². The molecule has 0 radical (unpaired) electrons. The SMILES string of the molecule is CC(N)Cc1ncc(-c2ccc(C#N)cc2)[nH]1. The van der Waals surface area contributed by atoms with Crippen LogP contribution in [0.2, 0.25) is 0 Å². The van der Waals surface area contributed by atoms with Gasteiger partial charge in [0.05, 0.1) is 23.5 Å². The van der Waals surface area contributed by atoms with Gasteiger partial charge in [-0.3, -0.25) is 0 Å². The first-order chi connectivity index (χ1) is 8.19. The number of nitrogens with two attached hydrogens (primary N) is 1. The van der Waals surface area contributed by atoms with Crippen molar-refractivity contribution in [2.24, 2.45) is 5.73 Å². The Labute approximate surface area is 100 Å². The normalized spacial score (nSPS) is 12.1. The molecule has 0 amide bonds. The Hall–Kier alpha value is -2.12. The second-order valence-corrected chi connectivity index (χ2v) is 4.11. The summed E-state index contributed by atoms with van der Waals surface area (Å²) in [6.07, 6.45) is 2.52. The van der Waals surface area contributed by atoms with Gasteiger partial charge in [-0.25, -0.2) is 4.98 Å². The molecule has 1 atom stereocenters. The number of H-pyrrole nitrogens is 1.